The number of ether oxygens (including phenoxy) is 1. The predicted molar refractivity (Wildman–Crippen MR) is 98.0 cm³/mol. The Balaban J connectivity index is 1.74. The van der Waals surface area contributed by atoms with Crippen LogP contribution in [-0.4, -0.2) is 45.4 Å². The van der Waals surface area contributed by atoms with Gasteiger partial charge in [-0.25, -0.2) is 9.97 Å². The lowest BCUT2D eigenvalue weighted by atomic mass is 10.1. The van der Waals surface area contributed by atoms with Crippen LogP contribution in [0.25, 0.3) is 0 Å². The number of rotatable bonds is 7. The fourth-order valence-electron chi connectivity index (χ4n) is 2.85. The second-order valence-electron chi connectivity index (χ2n) is 6.57. The Bertz CT molecular complexity index is 795. The van der Waals surface area contributed by atoms with Crippen LogP contribution < -0.4 is 11.1 Å². The molecule has 1 fully saturated rings. The second-order valence-corrected chi connectivity index (χ2v) is 6.57. The standard InChI is InChI=1S/C18H24N6O2/c1-12(2)8-21-18-15(17(19)25)10-20-16(23-18)7-13-9-22-24(11-13)14-3-5-26-6-4-14/h9-11,14H,1,3-8H2,2H3,(H2,19,25)(H,20,21,23). The van der Waals surface area contributed by atoms with Crippen LogP contribution in [0.15, 0.2) is 30.7 Å². The number of aromatic nitrogens is 4. The summed E-state index contributed by atoms with van der Waals surface area (Å²) in [6.45, 7) is 7.79. The number of nitrogens with two attached hydrogens (primary N) is 1. The number of anilines is 1. The lowest BCUT2D eigenvalue weighted by molar-refractivity contribution is 0.0662. The number of nitrogens with one attached hydrogen (secondary N) is 1. The maximum absolute atomic E-state index is 11.6. The van der Waals surface area contributed by atoms with Gasteiger partial charge in [0, 0.05) is 38.6 Å². The molecule has 1 aliphatic heterocycles. The van der Waals surface area contributed by atoms with E-state index in [1.807, 2.05) is 24.0 Å². The van der Waals surface area contributed by atoms with Crippen molar-refractivity contribution in [2.75, 3.05) is 25.1 Å². The zero-order chi connectivity index (χ0) is 18.5. The third kappa shape index (κ3) is 4.45. The average Bonchev–Trinajstić information content (AvgIpc) is 3.09. The van der Waals surface area contributed by atoms with Gasteiger partial charge in [-0.3, -0.25) is 9.48 Å². The summed E-state index contributed by atoms with van der Waals surface area (Å²) in [6, 6.07) is 0.378. The molecule has 8 nitrogen and oxygen atoms in total. The predicted octanol–water partition coefficient (Wildman–Crippen LogP) is 1.70. The van der Waals surface area contributed by atoms with Gasteiger partial charge < -0.3 is 15.8 Å². The third-order valence-electron chi connectivity index (χ3n) is 4.24. The van der Waals surface area contributed by atoms with Gasteiger partial charge in [-0.1, -0.05) is 12.2 Å². The van der Waals surface area contributed by atoms with E-state index in [-0.39, 0.29) is 5.56 Å². The molecule has 3 rings (SSSR count). The molecular formula is C18H24N6O2. The van der Waals surface area contributed by atoms with Crippen LogP contribution in [0.5, 0.6) is 0 Å². The van der Waals surface area contributed by atoms with Gasteiger partial charge in [0.2, 0.25) is 0 Å². The molecule has 0 radical (unpaired) electrons. The zero-order valence-electron chi connectivity index (χ0n) is 14.9. The molecular weight excluding hydrogens is 332 g/mol. The Hall–Kier alpha value is -2.74. The molecule has 26 heavy (non-hydrogen) atoms. The van der Waals surface area contributed by atoms with Gasteiger partial charge in [-0.15, -0.1) is 0 Å². The molecule has 1 amide bonds. The zero-order valence-corrected chi connectivity index (χ0v) is 14.9. The molecule has 0 atom stereocenters. The van der Waals surface area contributed by atoms with E-state index < -0.39 is 5.91 Å². The summed E-state index contributed by atoms with van der Waals surface area (Å²) in [5.74, 6) is 0.473. The lowest BCUT2D eigenvalue weighted by Crippen LogP contribution is -2.19. The number of carbonyl (C=O) groups excluding carboxylic acids is 1. The fraction of sp³-hybridized carbons (Fsp3) is 0.444. The number of amides is 1. The molecule has 1 saturated heterocycles. The van der Waals surface area contributed by atoms with E-state index in [1.54, 1.807) is 0 Å². The lowest BCUT2D eigenvalue weighted by Gasteiger charge is -2.22. The van der Waals surface area contributed by atoms with Crippen molar-refractivity contribution < 1.29 is 9.53 Å². The largest absolute Gasteiger partial charge is 0.381 e. The molecule has 2 aromatic rings. The number of hydrogen-bond donors (Lipinski definition) is 2. The van der Waals surface area contributed by atoms with Crippen molar-refractivity contribution >= 4 is 11.7 Å². The quantitative estimate of drug-likeness (QED) is 0.731. The fourth-order valence-corrected chi connectivity index (χ4v) is 2.85. The van der Waals surface area contributed by atoms with Crippen molar-refractivity contribution in [1.29, 1.82) is 0 Å². The molecule has 1 aliphatic rings. The van der Waals surface area contributed by atoms with E-state index in [2.05, 4.69) is 27.0 Å². The van der Waals surface area contributed by atoms with Crippen LogP contribution >= 0.6 is 0 Å². The summed E-state index contributed by atoms with van der Waals surface area (Å²) >= 11 is 0. The third-order valence-corrected chi connectivity index (χ3v) is 4.24. The molecule has 2 aromatic heterocycles. The minimum atomic E-state index is -0.562. The molecule has 0 bridgehead atoms. The van der Waals surface area contributed by atoms with E-state index in [0.717, 1.165) is 37.2 Å². The first kappa shape index (κ1) is 18.1. The smallest absolute Gasteiger partial charge is 0.254 e. The first-order chi connectivity index (χ1) is 12.5. The first-order valence-electron chi connectivity index (χ1n) is 8.67. The van der Waals surface area contributed by atoms with Crippen molar-refractivity contribution in [3.8, 4) is 0 Å². The van der Waals surface area contributed by atoms with Gasteiger partial charge in [0.05, 0.1) is 17.8 Å². The Morgan fingerprint density at radius 3 is 2.88 bits per heavy atom. The number of primary amides is 1. The monoisotopic (exact) mass is 356 g/mol. The van der Waals surface area contributed by atoms with Crippen LogP contribution in [0.4, 0.5) is 5.82 Å². The topological polar surface area (TPSA) is 108 Å². The van der Waals surface area contributed by atoms with Crippen LogP contribution in [0, 0.1) is 0 Å². The highest BCUT2D eigenvalue weighted by molar-refractivity contribution is 5.97. The number of nitrogens with zero attached hydrogens (tertiary/aromatic N) is 4. The Kier molecular flexibility index (Phi) is 5.62. The van der Waals surface area contributed by atoms with E-state index in [0.29, 0.717) is 30.6 Å². The van der Waals surface area contributed by atoms with Crippen molar-refractivity contribution in [3.05, 3.63) is 47.7 Å². The summed E-state index contributed by atoms with van der Waals surface area (Å²) in [6.07, 6.45) is 7.81. The van der Waals surface area contributed by atoms with Crippen molar-refractivity contribution in [2.45, 2.75) is 32.2 Å². The highest BCUT2D eigenvalue weighted by Gasteiger charge is 2.17. The van der Waals surface area contributed by atoms with Crippen LogP contribution in [0.3, 0.4) is 0 Å². The minimum Gasteiger partial charge on any atom is -0.381 e. The van der Waals surface area contributed by atoms with Crippen molar-refractivity contribution in [1.82, 2.24) is 19.7 Å². The maximum atomic E-state index is 11.6. The normalized spacial score (nSPS) is 15.0. The Labute approximate surface area is 152 Å². The van der Waals surface area contributed by atoms with Gasteiger partial charge in [-0.05, 0) is 25.3 Å². The van der Waals surface area contributed by atoms with Gasteiger partial charge >= 0.3 is 0 Å². The summed E-state index contributed by atoms with van der Waals surface area (Å²) in [5.41, 5.74) is 7.63. The van der Waals surface area contributed by atoms with Gasteiger partial charge in [0.15, 0.2) is 0 Å². The molecule has 0 spiro atoms. The van der Waals surface area contributed by atoms with E-state index >= 15 is 0 Å². The minimum absolute atomic E-state index is 0.271. The number of carbonyl (C=O) groups is 1. The van der Waals surface area contributed by atoms with Gasteiger partial charge in [0.25, 0.3) is 5.91 Å². The van der Waals surface area contributed by atoms with E-state index in [9.17, 15) is 4.79 Å². The van der Waals surface area contributed by atoms with E-state index in [1.165, 1.54) is 6.20 Å². The van der Waals surface area contributed by atoms with Crippen LogP contribution in [-0.2, 0) is 11.2 Å². The van der Waals surface area contributed by atoms with Crippen molar-refractivity contribution in [2.24, 2.45) is 5.73 Å². The molecule has 3 N–H and O–H groups in total. The second kappa shape index (κ2) is 8.09. The maximum Gasteiger partial charge on any atom is 0.254 e. The molecule has 0 saturated carbocycles. The summed E-state index contributed by atoms with van der Waals surface area (Å²) in [5, 5.41) is 7.56. The molecule has 0 unspecified atom stereocenters. The molecule has 138 valence electrons. The summed E-state index contributed by atoms with van der Waals surface area (Å²) in [4.78, 5) is 20.3. The van der Waals surface area contributed by atoms with E-state index in [4.69, 9.17) is 10.5 Å². The Morgan fingerprint density at radius 1 is 1.42 bits per heavy atom. The number of hydrogen-bond acceptors (Lipinski definition) is 6. The highest BCUT2D eigenvalue weighted by atomic mass is 16.5. The highest BCUT2D eigenvalue weighted by Crippen LogP contribution is 2.21. The average molecular weight is 356 g/mol. The molecule has 0 aromatic carbocycles. The van der Waals surface area contributed by atoms with Crippen LogP contribution in [0.1, 0.15) is 47.6 Å². The van der Waals surface area contributed by atoms with Crippen LogP contribution in [0.2, 0.25) is 0 Å². The Morgan fingerprint density at radius 2 is 2.19 bits per heavy atom. The SMILES string of the molecule is C=C(C)CNc1nc(Cc2cnn(C3CCOCC3)c2)ncc1C(N)=O. The molecule has 3 heterocycles. The van der Waals surface area contributed by atoms with Gasteiger partial charge in [0.1, 0.15) is 11.6 Å². The summed E-state index contributed by atoms with van der Waals surface area (Å²) < 4.78 is 7.39. The molecule has 0 aliphatic carbocycles. The molecule has 8 heteroatoms. The van der Waals surface area contributed by atoms with Gasteiger partial charge in [-0.2, -0.15) is 5.10 Å². The summed E-state index contributed by atoms with van der Waals surface area (Å²) in [7, 11) is 0. The first-order valence-corrected chi connectivity index (χ1v) is 8.67. The van der Waals surface area contributed by atoms with Crippen molar-refractivity contribution in [3.63, 3.8) is 0 Å².